The number of anilines is 2. The number of carbonyl (C=O) groups is 2. The van der Waals surface area contributed by atoms with Gasteiger partial charge in [-0.3, -0.25) is 4.79 Å². The lowest BCUT2D eigenvalue weighted by Crippen LogP contribution is -2.45. The van der Waals surface area contributed by atoms with E-state index in [0.717, 1.165) is 6.42 Å². The zero-order valence-corrected chi connectivity index (χ0v) is 16.7. The molecule has 1 atom stereocenters. The van der Waals surface area contributed by atoms with Gasteiger partial charge in [0.05, 0.1) is 21.3 Å². The molecule has 1 aliphatic rings. The summed E-state index contributed by atoms with van der Waals surface area (Å²) in [4.78, 5) is 27.0. The summed E-state index contributed by atoms with van der Waals surface area (Å²) in [6.45, 7) is 0.520. The number of ether oxygens (including phenoxy) is 3. The van der Waals surface area contributed by atoms with Gasteiger partial charge in [-0.25, -0.2) is 4.79 Å². The predicted molar refractivity (Wildman–Crippen MR) is 110 cm³/mol. The van der Waals surface area contributed by atoms with Crippen LogP contribution in [-0.2, 0) is 4.79 Å². The van der Waals surface area contributed by atoms with E-state index in [9.17, 15) is 9.59 Å². The fourth-order valence-electron chi connectivity index (χ4n) is 3.29. The first-order valence-electron chi connectivity index (χ1n) is 9.30. The van der Waals surface area contributed by atoms with Crippen molar-refractivity contribution in [1.29, 1.82) is 0 Å². The summed E-state index contributed by atoms with van der Waals surface area (Å²) in [5, 5.41) is 5.69. The molecule has 1 heterocycles. The van der Waals surface area contributed by atoms with Crippen LogP contribution >= 0.6 is 0 Å². The molecule has 8 nitrogen and oxygen atoms in total. The Bertz CT molecular complexity index is 869. The van der Waals surface area contributed by atoms with Gasteiger partial charge in [0.15, 0.2) is 11.5 Å². The first-order chi connectivity index (χ1) is 14.0. The van der Waals surface area contributed by atoms with Crippen molar-refractivity contribution < 1.29 is 23.8 Å². The van der Waals surface area contributed by atoms with Crippen molar-refractivity contribution in [2.75, 3.05) is 38.5 Å². The van der Waals surface area contributed by atoms with Crippen LogP contribution in [0.5, 0.6) is 17.2 Å². The highest BCUT2D eigenvalue weighted by Crippen LogP contribution is 2.30. The highest BCUT2D eigenvalue weighted by molar-refractivity contribution is 5.99. The minimum absolute atomic E-state index is 0.236. The zero-order chi connectivity index (χ0) is 20.8. The van der Waals surface area contributed by atoms with E-state index < -0.39 is 6.04 Å². The lowest BCUT2D eigenvalue weighted by molar-refractivity contribution is -0.119. The largest absolute Gasteiger partial charge is 0.497 e. The maximum Gasteiger partial charge on any atom is 0.322 e. The molecule has 0 bridgehead atoms. The van der Waals surface area contributed by atoms with E-state index in [1.165, 1.54) is 7.11 Å². The Morgan fingerprint density at radius 3 is 2.24 bits per heavy atom. The lowest BCUT2D eigenvalue weighted by Gasteiger charge is -2.24. The average Bonchev–Trinajstić information content (AvgIpc) is 3.24. The van der Waals surface area contributed by atoms with E-state index in [2.05, 4.69) is 10.6 Å². The van der Waals surface area contributed by atoms with Crippen LogP contribution in [0.4, 0.5) is 16.2 Å². The van der Waals surface area contributed by atoms with Crippen molar-refractivity contribution in [1.82, 2.24) is 4.90 Å². The van der Waals surface area contributed by atoms with Crippen molar-refractivity contribution >= 4 is 23.3 Å². The number of rotatable bonds is 6. The number of carbonyl (C=O) groups excluding carboxylic acids is 2. The Balaban J connectivity index is 1.66. The number of methoxy groups -OCH3 is 3. The van der Waals surface area contributed by atoms with Crippen LogP contribution < -0.4 is 24.8 Å². The topological polar surface area (TPSA) is 89.1 Å². The molecule has 2 N–H and O–H groups in total. The van der Waals surface area contributed by atoms with Crippen molar-refractivity contribution in [3.8, 4) is 17.2 Å². The van der Waals surface area contributed by atoms with E-state index in [1.54, 1.807) is 61.6 Å². The number of nitrogens with one attached hydrogen (secondary N) is 2. The minimum atomic E-state index is -0.540. The Labute approximate surface area is 169 Å². The van der Waals surface area contributed by atoms with Gasteiger partial charge in [-0.05, 0) is 49.2 Å². The Morgan fingerprint density at radius 2 is 1.59 bits per heavy atom. The van der Waals surface area contributed by atoms with Gasteiger partial charge in [-0.1, -0.05) is 0 Å². The van der Waals surface area contributed by atoms with Gasteiger partial charge in [0, 0.05) is 24.0 Å². The molecule has 0 aliphatic carbocycles. The van der Waals surface area contributed by atoms with Gasteiger partial charge >= 0.3 is 6.03 Å². The number of likely N-dealkylation sites (tertiary alicyclic amines) is 1. The maximum absolute atomic E-state index is 12.8. The van der Waals surface area contributed by atoms with E-state index in [4.69, 9.17) is 14.2 Å². The Kier molecular flexibility index (Phi) is 6.43. The van der Waals surface area contributed by atoms with Crippen LogP contribution in [0.15, 0.2) is 42.5 Å². The molecule has 1 fully saturated rings. The molecule has 0 saturated carbocycles. The second kappa shape index (κ2) is 9.18. The Hall–Kier alpha value is -3.42. The molecule has 3 amide bonds. The molecule has 8 heteroatoms. The van der Waals surface area contributed by atoms with Gasteiger partial charge in [0.25, 0.3) is 0 Å². The van der Waals surface area contributed by atoms with Gasteiger partial charge < -0.3 is 29.7 Å². The quantitative estimate of drug-likeness (QED) is 0.778. The first kappa shape index (κ1) is 20.3. The smallest absolute Gasteiger partial charge is 0.322 e. The van der Waals surface area contributed by atoms with Crippen LogP contribution in [0.2, 0.25) is 0 Å². The van der Waals surface area contributed by atoms with Crippen molar-refractivity contribution in [3.05, 3.63) is 42.5 Å². The molecule has 0 unspecified atom stereocenters. The summed E-state index contributed by atoms with van der Waals surface area (Å²) in [5.41, 5.74) is 1.22. The second-order valence-corrected chi connectivity index (χ2v) is 6.57. The lowest BCUT2D eigenvalue weighted by atomic mass is 10.2. The predicted octanol–water partition coefficient (Wildman–Crippen LogP) is 3.35. The number of amides is 3. The molecule has 1 saturated heterocycles. The number of benzene rings is 2. The number of nitrogens with zero attached hydrogens (tertiary/aromatic N) is 1. The number of hydrogen-bond acceptors (Lipinski definition) is 5. The molecule has 2 aromatic carbocycles. The molecule has 3 rings (SSSR count). The van der Waals surface area contributed by atoms with Crippen LogP contribution in [0.1, 0.15) is 12.8 Å². The van der Waals surface area contributed by atoms with E-state index in [-0.39, 0.29) is 11.9 Å². The van der Waals surface area contributed by atoms with Crippen LogP contribution in [0.3, 0.4) is 0 Å². The Morgan fingerprint density at radius 1 is 0.897 bits per heavy atom. The normalized spacial score (nSPS) is 15.6. The average molecular weight is 399 g/mol. The zero-order valence-electron chi connectivity index (χ0n) is 16.7. The van der Waals surface area contributed by atoms with Crippen molar-refractivity contribution in [3.63, 3.8) is 0 Å². The van der Waals surface area contributed by atoms with Crippen LogP contribution in [-0.4, -0.2) is 50.8 Å². The highest BCUT2D eigenvalue weighted by Gasteiger charge is 2.34. The monoisotopic (exact) mass is 399 g/mol. The van der Waals surface area contributed by atoms with E-state index >= 15 is 0 Å². The fourth-order valence-corrected chi connectivity index (χ4v) is 3.29. The molecule has 154 valence electrons. The summed E-state index contributed by atoms with van der Waals surface area (Å²) in [7, 11) is 4.67. The highest BCUT2D eigenvalue weighted by atomic mass is 16.5. The summed E-state index contributed by atoms with van der Waals surface area (Å²) in [5.74, 6) is 1.56. The van der Waals surface area contributed by atoms with Gasteiger partial charge in [0.1, 0.15) is 11.8 Å². The van der Waals surface area contributed by atoms with Crippen LogP contribution in [0.25, 0.3) is 0 Å². The molecule has 2 aromatic rings. The molecule has 0 aromatic heterocycles. The van der Waals surface area contributed by atoms with Gasteiger partial charge in [-0.2, -0.15) is 0 Å². The molecular formula is C21H25N3O5. The third-order valence-electron chi connectivity index (χ3n) is 4.81. The van der Waals surface area contributed by atoms with E-state index in [0.29, 0.717) is 41.6 Å². The summed E-state index contributed by atoms with van der Waals surface area (Å²) in [6, 6.07) is 11.3. The SMILES string of the molecule is COc1ccc(NC(=O)N2CCC[C@@H]2C(=O)Nc2ccc(OC)c(OC)c2)cc1. The summed E-state index contributed by atoms with van der Waals surface area (Å²) in [6.07, 6.45) is 1.37. The number of urea groups is 1. The fraction of sp³-hybridized carbons (Fsp3) is 0.333. The number of hydrogen-bond donors (Lipinski definition) is 2. The molecule has 0 radical (unpaired) electrons. The molecule has 29 heavy (non-hydrogen) atoms. The maximum atomic E-state index is 12.8. The standard InChI is InChI=1S/C21H25N3O5/c1-27-16-9-6-14(7-10-16)23-21(26)24-12-4-5-17(24)20(25)22-15-8-11-18(28-2)19(13-15)29-3/h6-11,13,17H,4-5,12H2,1-3H3,(H,22,25)(H,23,26)/t17-/m1/s1. The molecular weight excluding hydrogens is 374 g/mol. The molecule has 1 aliphatic heterocycles. The van der Waals surface area contributed by atoms with Crippen molar-refractivity contribution in [2.24, 2.45) is 0 Å². The van der Waals surface area contributed by atoms with Gasteiger partial charge in [-0.15, -0.1) is 0 Å². The molecule has 0 spiro atoms. The second-order valence-electron chi connectivity index (χ2n) is 6.57. The minimum Gasteiger partial charge on any atom is -0.497 e. The van der Waals surface area contributed by atoms with Crippen LogP contribution in [0, 0.1) is 0 Å². The summed E-state index contributed by atoms with van der Waals surface area (Å²) >= 11 is 0. The first-order valence-corrected chi connectivity index (χ1v) is 9.30. The third kappa shape index (κ3) is 4.71. The van der Waals surface area contributed by atoms with Crippen molar-refractivity contribution in [2.45, 2.75) is 18.9 Å². The van der Waals surface area contributed by atoms with Gasteiger partial charge in [0.2, 0.25) is 5.91 Å². The third-order valence-corrected chi connectivity index (χ3v) is 4.81. The van der Waals surface area contributed by atoms with E-state index in [1.807, 2.05) is 0 Å². The summed E-state index contributed by atoms with van der Waals surface area (Å²) < 4.78 is 15.6.